The molecule has 2 aromatic carbocycles. The quantitative estimate of drug-likeness (QED) is 0.774. The molecule has 0 unspecified atom stereocenters. The molecule has 0 aromatic heterocycles. The van der Waals surface area contributed by atoms with Gasteiger partial charge in [-0.25, -0.2) is 0 Å². The zero-order valence-corrected chi connectivity index (χ0v) is 13.1. The van der Waals surface area contributed by atoms with Gasteiger partial charge in [-0.1, -0.05) is 30.3 Å². The molecule has 0 spiro atoms. The van der Waals surface area contributed by atoms with Crippen LogP contribution in [0.25, 0.3) is 6.08 Å². The molecule has 0 saturated carbocycles. The van der Waals surface area contributed by atoms with Gasteiger partial charge in [0.05, 0.1) is 7.11 Å². The van der Waals surface area contributed by atoms with Crippen LogP contribution in [0.2, 0.25) is 0 Å². The third-order valence-electron chi connectivity index (χ3n) is 3.96. The van der Waals surface area contributed by atoms with Crippen molar-refractivity contribution >= 4 is 11.9 Å². The van der Waals surface area contributed by atoms with Gasteiger partial charge in [0, 0.05) is 11.1 Å². The first kappa shape index (κ1) is 16.2. The summed E-state index contributed by atoms with van der Waals surface area (Å²) in [4.78, 5) is 12.6. The molecule has 0 heterocycles. The predicted octanol–water partition coefficient (Wildman–Crippen LogP) is 4.51. The number of ether oxygens (including phenoxy) is 2. The standard InChI is InChI=1S/C19H16F2O3/c1-23-16-9-6-12(11-17(16)24-19(20)21)10-14-8-7-13-4-2-3-5-15(13)18(14)22/h2-6,9-11,19H,7-8H2,1H3/b14-10-. The average molecular weight is 330 g/mol. The van der Waals surface area contributed by atoms with Crippen LogP contribution in [0.4, 0.5) is 8.78 Å². The Labute approximate surface area is 138 Å². The summed E-state index contributed by atoms with van der Waals surface area (Å²) in [6.45, 7) is -2.94. The number of aryl methyl sites for hydroxylation is 1. The highest BCUT2D eigenvalue weighted by atomic mass is 19.3. The first-order chi connectivity index (χ1) is 11.6. The van der Waals surface area contributed by atoms with Gasteiger partial charge in [-0.15, -0.1) is 0 Å². The molecule has 1 aliphatic rings. The number of alkyl halides is 2. The minimum absolute atomic E-state index is 0.0241. The number of Topliss-reactive ketones (excluding diaryl/α,β-unsaturated/α-hetero) is 1. The van der Waals surface area contributed by atoms with Crippen molar-refractivity contribution in [2.75, 3.05) is 7.11 Å². The van der Waals surface area contributed by atoms with E-state index in [1.165, 1.54) is 13.2 Å². The molecule has 0 saturated heterocycles. The average Bonchev–Trinajstić information content (AvgIpc) is 2.57. The Balaban J connectivity index is 1.93. The Hall–Kier alpha value is -2.69. The Morgan fingerprint density at radius 1 is 1.08 bits per heavy atom. The van der Waals surface area contributed by atoms with Crippen LogP contribution in [-0.2, 0) is 6.42 Å². The highest BCUT2D eigenvalue weighted by Crippen LogP contribution is 2.32. The number of benzene rings is 2. The molecule has 2 aromatic rings. The summed E-state index contributed by atoms with van der Waals surface area (Å²) < 4.78 is 34.5. The third-order valence-corrected chi connectivity index (χ3v) is 3.96. The highest BCUT2D eigenvalue weighted by Gasteiger charge is 2.21. The highest BCUT2D eigenvalue weighted by molar-refractivity contribution is 6.13. The van der Waals surface area contributed by atoms with Crippen LogP contribution in [0.1, 0.15) is 27.9 Å². The van der Waals surface area contributed by atoms with Crippen LogP contribution >= 0.6 is 0 Å². The molecule has 1 aliphatic carbocycles. The number of methoxy groups -OCH3 is 1. The Kier molecular flexibility index (Phi) is 4.60. The summed E-state index contributed by atoms with van der Waals surface area (Å²) in [7, 11) is 1.38. The number of ketones is 1. The first-order valence-corrected chi connectivity index (χ1v) is 7.54. The van der Waals surface area contributed by atoms with Crippen molar-refractivity contribution in [2.24, 2.45) is 0 Å². The maximum absolute atomic E-state index is 12.6. The summed E-state index contributed by atoms with van der Waals surface area (Å²) in [6, 6.07) is 12.2. The van der Waals surface area contributed by atoms with Crippen molar-refractivity contribution < 1.29 is 23.0 Å². The molecule has 3 rings (SSSR count). The van der Waals surface area contributed by atoms with E-state index in [2.05, 4.69) is 4.74 Å². The smallest absolute Gasteiger partial charge is 0.387 e. The van der Waals surface area contributed by atoms with Crippen LogP contribution < -0.4 is 9.47 Å². The van der Waals surface area contributed by atoms with Gasteiger partial charge in [-0.3, -0.25) is 4.79 Å². The van der Waals surface area contributed by atoms with E-state index in [-0.39, 0.29) is 17.3 Å². The molecule has 0 N–H and O–H groups in total. The van der Waals surface area contributed by atoms with Gasteiger partial charge in [-0.05, 0) is 42.2 Å². The van der Waals surface area contributed by atoms with Crippen molar-refractivity contribution in [3.63, 3.8) is 0 Å². The number of hydrogen-bond donors (Lipinski definition) is 0. The van der Waals surface area contributed by atoms with Crippen molar-refractivity contribution in [1.82, 2.24) is 0 Å². The van der Waals surface area contributed by atoms with E-state index in [1.807, 2.05) is 24.3 Å². The number of carbonyl (C=O) groups excluding carboxylic acids is 1. The number of rotatable bonds is 4. The maximum Gasteiger partial charge on any atom is 0.387 e. The molecule has 3 nitrogen and oxygen atoms in total. The summed E-state index contributed by atoms with van der Waals surface area (Å²) in [5.41, 5.74) is 3.01. The Morgan fingerprint density at radius 3 is 2.62 bits per heavy atom. The zero-order valence-electron chi connectivity index (χ0n) is 13.1. The van der Waals surface area contributed by atoms with Crippen LogP contribution in [0.5, 0.6) is 11.5 Å². The van der Waals surface area contributed by atoms with E-state index in [0.29, 0.717) is 23.1 Å². The molecule has 0 atom stereocenters. The van der Waals surface area contributed by atoms with Crippen LogP contribution in [0.3, 0.4) is 0 Å². The van der Waals surface area contributed by atoms with E-state index >= 15 is 0 Å². The van der Waals surface area contributed by atoms with Gasteiger partial charge < -0.3 is 9.47 Å². The summed E-state index contributed by atoms with van der Waals surface area (Å²) in [5.74, 6) is 0.146. The second kappa shape index (κ2) is 6.83. The zero-order chi connectivity index (χ0) is 17.1. The van der Waals surface area contributed by atoms with Crippen molar-refractivity contribution in [2.45, 2.75) is 19.5 Å². The topological polar surface area (TPSA) is 35.5 Å². The van der Waals surface area contributed by atoms with Crippen molar-refractivity contribution in [3.05, 3.63) is 64.7 Å². The van der Waals surface area contributed by atoms with Gasteiger partial charge in [0.15, 0.2) is 17.3 Å². The molecule has 0 fully saturated rings. The minimum Gasteiger partial charge on any atom is -0.493 e. The fourth-order valence-corrected chi connectivity index (χ4v) is 2.83. The molecular formula is C19H16F2O3. The molecule has 0 radical (unpaired) electrons. The second-order valence-electron chi connectivity index (χ2n) is 5.44. The lowest BCUT2D eigenvalue weighted by Gasteiger charge is -2.17. The van der Waals surface area contributed by atoms with Gasteiger partial charge in [0.25, 0.3) is 0 Å². The lowest BCUT2D eigenvalue weighted by molar-refractivity contribution is -0.0512. The maximum atomic E-state index is 12.6. The molecule has 0 bridgehead atoms. The lowest BCUT2D eigenvalue weighted by atomic mass is 9.86. The normalized spacial score (nSPS) is 15.5. The summed E-state index contributed by atoms with van der Waals surface area (Å²) in [6.07, 6.45) is 3.12. The fraction of sp³-hybridized carbons (Fsp3) is 0.211. The molecule has 0 aliphatic heterocycles. The largest absolute Gasteiger partial charge is 0.493 e. The predicted molar refractivity (Wildman–Crippen MR) is 86.7 cm³/mol. The Morgan fingerprint density at radius 2 is 1.88 bits per heavy atom. The summed E-state index contributed by atoms with van der Waals surface area (Å²) >= 11 is 0. The van der Waals surface area contributed by atoms with Crippen LogP contribution in [0.15, 0.2) is 48.0 Å². The lowest BCUT2D eigenvalue weighted by Crippen LogP contribution is -2.13. The number of allylic oxidation sites excluding steroid dienone is 1. The van der Waals surface area contributed by atoms with E-state index in [0.717, 1.165) is 12.0 Å². The van der Waals surface area contributed by atoms with Crippen molar-refractivity contribution in [3.8, 4) is 11.5 Å². The van der Waals surface area contributed by atoms with E-state index in [4.69, 9.17) is 4.74 Å². The first-order valence-electron chi connectivity index (χ1n) is 7.54. The monoisotopic (exact) mass is 330 g/mol. The molecule has 5 heteroatoms. The molecule has 0 amide bonds. The molecule has 124 valence electrons. The van der Waals surface area contributed by atoms with E-state index in [1.54, 1.807) is 18.2 Å². The Bertz CT molecular complexity index is 797. The second-order valence-corrected chi connectivity index (χ2v) is 5.44. The van der Waals surface area contributed by atoms with E-state index < -0.39 is 6.61 Å². The minimum atomic E-state index is -2.94. The van der Waals surface area contributed by atoms with Gasteiger partial charge in [-0.2, -0.15) is 8.78 Å². The number of hydrogen-bond acceptors (Lipinski definition) is 3. The molecular weight excluding hydrogens is 314 g/mol. The van der Waals surface area contributed by atoms with Crippen molar-refractivity contribution in [1.29, 1.82) is 0 Å². The van der Waals surface area contributed by atoms with Crippen LogP contribution in [-0.4, -0.2) is 19.5 Å². The van der Waals surface area contributed by atoms with Gasteiger partial charge >= 0.3 is 6.61 Å². The fourth-order valence-electron chi connectivity index (χ4n) is 2.83. The third kappa shape index (κ3) is 3.30. The molecule has 24 heavy (non-hydrogen) atoms. The SMILES string of the molecule is COc1ccc(/C=C2/CCc3ccccc3C2=O)cc1OC(F)F. The van der Waals surface area contributed by atoms with E-state index in [9.17, 15) is 13.6 Å². The van der Waals surface area contributed by atoms with Gasteiger partial charge in [0.1, 0.15) is 0 Å². The number of carbonyl (C=O) groups is 1. The number of fused-ring (bicyclic) bond motifs is 1. The van der Waals surface area contributed by atoms with Gasteiger partial charge in [0.2, 0.25) is 0 Å². The number of halogens is 2. The van der Waals surface area contributed by atoms with Crippen LogP contribution in [0, 0.1) is 0 Å². The summed E-state index contributed by atoms with van der Waals surface area (Å²) in [5, 5.41) is 0.